The first kappa shape index (κ1) is 13.5. The second-order valence-corrected chi connectivity index (χ2v) is 6.11. The fraction of sp³-hybridized carbons (Fsp3) is 0. The van der Waals surface area contributed by atoms with Gasteiger partial charge >= 0.3 is 0 Å². The van der Waals surface area contributed by atoms with Gasteiger partial charge in [-0.15, -0.1) is 22.7 Å². The quantitative estimate of drug-likeness (QED) is 0.579. The summed E-state index contributed by atoms with van der Waals surface area (Å²) in [7, 11) is 0. The lowest BCUT2D eigenvalue weighted by molar-refractivity contribution is 0.516. The van der Waals surface area contributed by atoms with E-state index in [4.69, 9.17) is 0 Å². The molecule has 0 saturated heterocycles. The van der Waals surface area contributed by atoms with Crippen LogP contribution in [-0.2, 0) is 0 Å². The molecule has 2 heterocycles. The van der Waals surface area contributed by atoms with Crippen LogP contribution in [0.1, 0.15) is 9.88 Å². The van der Waals surface area contributed by atoms with Crippen LogP contribution in [0.15, 0.2) is 46.6 Å². The van der Waals surface area contributed by atoms with E-state index in [2.05, 4.69) is 4.98 Å². The van der Waals surface area contributed by atoms with Crippen LogP contribution in [0, 0.1) is 11.3 Å². The molecule has 0 aliphatic heterocycles. The van der Waals surface area contributed by atoms with Crippen molar-refractivity contribution in [2.24, 2.45) is 0 Å². The third-order valence-electron chi connectivity index (χ3n) is 2.84. The Morgan fingerprint density at radius 2 is 2.05 bits per heavy atom. The largest absolute Gasteiger partial charge is 0.505 e. The first-order chi connectivity index (χ1) is 10.2. The summed E-state index contributed by atoms with van der Waals surface area (Å²) < 4.78 is 0.735. The van der Waals surface area contributed by atoms with Crippen molar-refractivity contribution in [2.45, 2.75) is 0 Å². The number of thiophene rings is 1. The van der Waals surface area contributed by atoms with E-state index in [0.717, 1.165) is 4.70 Å². The van der Waals surface area contributed by atoms with E-state index in [-0.39, 0.29) is 16.3 Å². The molecule has 0 unspecified atom stereocenters. The summed E-state index contributed by atoms with van der Waals surface area (Å²) in [5.74, 6) is -0.147. The highest BCUT2D eigenvalue weighted by Crippen LogP contribution is 2.29. The normalized spacial score (nSPS) is 12.0. The predicted octanol–water partition coefficient (Wildman–Crippen LogP) is 3.67. The Morgan fingerprint density at radius 1 is 1.24 bits per heavy atom. The standard InChI is InChI=1S/C15H8N2O2S2/c16-8-10(13(18)12-6-3-7-20-12)15-17-14(19)9-4-1-2-5-11(9)21-15/h1-7,18H. The number of nitrogens with zero attached hydrogens (tertiary/aromatic N) is 2. The van der Waals surface area contributed by atoms with Crippen LogP contribution in [0.5, 0.6) is 0 Å². The van der Waals surface area contributed by atoms with Gasteiger partial charge in [0.05, 0.1) is 10.3 Å². The van der Waals surface area contributed by atoms with Gasteiger partial charge < -0.3 is 5.11 Å². The molecular weight excluding hydrogens is 304 g/mol. The van der Waals surface area contributed by atoms with Crippen LogP contribution in [0.3, 0.4) is 0 Å². The van der Waals surface area contributed by atoms with Gasteiger partial charge in [0.1, 0.15) is 16.6 Å². The summed E-state index contributed by atoms with van der Waals surface area (Å²) in [6.07, 6.45) is 0. The molecular formula is C15H8N2O2S2. The fourth-order valence-corrected chi connectivity index (χ4v) is 3.52. The van der Waals surface area contributed by atoms with E-state index in [9.17, 15) is 15.2 Å². The number of hydrogen-bond donors (Lipinski definition) is 1. The summed E-state index contributed by atoms with van der Waals surface area (Å²) in [5.41, 5.74) is -0.378. The first-order valence-electron chi connectivity index (χ1n) is 5.98. The number of benzene rings is 1. The van der Waals surface area contributed by atoms with Crippen molar-refractivity contribution < 1.29 is 5.11 Å². The zero-order valence-electron chi connectivity index (χ0n) is 10.6. The lowest BCUT2D eigenvalue weighted by Crippen LogP contribution is -2.07. The molecule has 0 saturated carbocycles. The van der Waals surface area contributed by atoms with E-state index in [0.29, 0.717) is 10.3 Å². The number of fused-ring (bicyclic) bond motifs is 1. The molecule has 2 aromatic heterocycles. The van der Waals surface area contributed by atoms with Crippen molar-refractivity contribution in [3.63, 3.8) is 0 Å². The van der Waals surface area contributed by atoms with Crippen LogP contribution in [0.4, 0.5) is 0 Å². The summed E-state index contributed by atoms with van der Waals surface area (Å²) >= 11 is 2.53. The van der Waals surface area contributed by atoms with E-state index >= 15 is 0 Å². The third-order valence-corrected chi connectivity index (χ3v) is 4.79. The first-order valence-corrected chi connectivity index (χ1v) is 7.68. The van der Waals surface area contributed by atoms with Gasteiger partial charge in [-0.1, -0.05) is 18.2 Å². The summed E-state index contributed by atoms with van der Waals surface area (Å²) in [6.45, 7) is 0. The smallest absolute Gasteiger partial charge is 0.279 e. The summed E-state index contributed by atoms with van der Waals surface area (Å²) in [4.78, 5) is 16.5. The molecule has 0 aliphatic rings. The van der Waals surface area contributed by atoms with Gasteiger partial charge in [0.25, 0.3) is 5.56 Å². The maximum atomic E-state index is 12.0. The Kier molecular flexibility index (Phi) is 3.52. The Morgan fingerprint density at radius 3 is 2.76 bits per heavy atom. The maximum absolute atomic E-state index is 12.0. The molecule has 0 fully saturated rings. The zero-order chi connectivity index (χ0) is 14.8. The Labute approximate surface area is 127 Å². The Hall–Kier alpha value is -2.49. The predicted molar refractivity (Wildman–Crippen MR) is 85.3 cm³/mol. The molecule has 1 aromatic carbocycles. The molecule has 102 valence electrons. The van der Waals surface area contributed by atoms with Crippen LogP contribution in [0.25, 0.3) is 21.4 Å². The SMILES string of the molecule is N#CC(=C(O)c1cccs1)c1nc(=O)c2ccccc2s1. The minimum absolute atomic E-state index is 0.0188. The molecule has 0 bridgehead atoms. The van der Waals surface area contributed by atoms with Crippen molar-refractivity contribution in [1.29, 1.82) is 5.26 Å². The fourth-order valence-electron chi connectivity index (χ4n) is 1.86. The monoisotopic (exact) mass is 312 g/mol. The average molecular weight is 312 g/mol. The van der Waals surface area contributed by atoms with Crippen molar-refractivity contribution in [3.8, 4) is 6.07 Å². The second-order valence-electron chi connectivity index (χ2n) is 4.13. The van der Waals surface area contributed by atoms with E-state index in [1.54, 1.807) is 35.7 Å². The highest BCUT2D eigenvalue weighted by molar-refractivity contribution is 7.19. The van der Waals surface area contributed by atoms with Crippen molar-refractivity contribution in [2.75, 3.05) is 0 Å². The third kappa shape index (κ3) is 2.44. The highest BCUT2D eigenvalue weighted by atomic mass is 32.1. The topological polar surface area (TPSA) is 74.0 Å². The number of rotatable bonds is 2. The lowest BCUT2D eigenvalue weighted by Gasteiger charge is -2.02. The number of aromatic nitrogens is 1. The van der Waals surface area contributed by atoms with Crippen LogP contribution in [-0.4, -0.2) is 10.1 Å². The van der Waals surface area contributed by atoms with Gasteiger partial charge in [0.2, 0.25) is 0 Å². The Balaban J connectivity index is 2.26. The van der Waals surface area contributed by atoms with E-state index in [1.807, 2.05) is 12.1 Å². The molecule has 1 N–H and O–H groups in total. The van der Waals surface area contributed by atoms with Gasteiger partial charge in [-0.2, -0.15) is 10.2 Å². The molecule has 0 radical (unpaired) electrons. The van der Waals surface area contributed by atoms with Gasteiger partial charge in [-0.3, -0.25) is 4.79 Å². The number of aliphatic hydroxyl groups is 1. The van der Waals surface area contributed by atoms with Crippen LogP contribution >= 0.6 is 22.7 Å². The minimum Gasteiger partial charge on any atom is -0.505 e. The maximum Gasteiger partial charge on any atom is 0.279 e. The zero-order valence-corrected chi connectivity index (χ0v) is 12.2. The lowest BCUT2D eigenvalue weighted by atomic mass is 10.2. The number of aliphatic hydroxyl groups excluding tert-OH is 1. The molecule has 3 aromatic rings. The van der Waals surface area contributed by atoms with Gasteiger partial charge in [0, 0.05) is 4.70 Å². The van der Waals surface area contributed by atoms with Crippen LogP contribution in [0.2, 0.25) is 0 Å². The Bertz CT molecular complexity index is 934. The van der Waals surface area contributed by atoms with Gasteiger partial charge in [-0.05, 0) is 23.6 Å². The second kappa shape index (κ2) is 5.48. The molecule has 0 spiro atoms. The minimum atomic E-state index is -0.397. The molecule has 6 heteroatoms. The number of nitriles is 1. The van der Waals surface area contributed by atoms with Crippen molar-refractivity contribution >= 4 is 44.1 Å². The van der Waals surface area contributed by atoms with Crippen molar-refractivity contribution in [1.82, 2.24) is 4.98 Å². The van der Waals surface area contributed by atoms with Gasteiger partial charge in [-0.25, -0.2) is 0 Å². The number of allylic oxidation sites excluding steroid dienone is 1. The summed E-state index contributed by atoms with van der Waals surface area (Å²) in [6, 6.07) is 12.5. The average Bonchev–Trinajstić information content (AvgIpc) is 3.02. The molecule has 0 amide bonds. The summed E-state index contributed by atoms with van der Waals surface area (Å²) in [5, 5.41) is 22.1. The highest BCUT2D eigenvalue weighted by Gasteiger charge is 2.15. The molecule has 21 heavy (non-hydrogen) atoms. The molecule has 4 nitrogen and oxygen atoms in total. The van der Waals surface area contributed by atoms with E-state index < -0.39 is 5.56 Å². The van der Waals surface area contributed by atoms with E-state index in [1.165, 1.54) is 22.7 Å². The molecule has 0 aliphatic carbocycles. The molecule has 0 atom stereocenters. The van der Waals surface area contributed by atoms with Crippen LogP contribution < -0.4 is 5.56 Å². The number of hydrogen-bond acceptors (Lipinski definition) is 6. The van der Waals surface area contributed by atoms with Gasteiger partial charge in [0.15, 0.2) is 5.76 Å². The molecule has 3 rings (SSSR count). The van der Waals surface area contributed by atoms with Crippen molar-refractivity contribution in [3.05, 3.63) is 62.0 Å².